The van der Waals surface area contributed by atoms with Gasteiger partial charge in [0.05, 0.1) is 6.54 Å². The lowest BCUT2D eigenvalue weighted by Crippen LogP contribution is -2.50. The Morgan fingerprint density at radius 1 is 1.50 bits per heavy atom. The van der Waals surface area contributed by atoms with Crippen LogP contribution in [0.3, 0.4) is 0 Å². The molecule has 18 heavy (non-hydrogen) atoms. The third-order valence-electron chi connectivity index (χ3n) is 3.38. The largest absolute Gasteiger partial charge is 0.338 e. The smallest absolute Gasteiger partial charge is 0.322 e. The first-order valence-electron chi connectivity index (χ1n) is 6.24. The molecule has 2 fully saturated rings. The van der Waals surface area contributed by atoms with Crippen LogP contribution in [0.2, 0.25) is 0 Å². The van der Waals surface area contributed by atoms with Gasteiger partial charge in [-0.25, -0.2) is 9.59 Å². The number of hydrogen-bond acceptors (Lipinski definition) is 3. The lowest BCUT2D eigenvalue weighted by atomic mass is 10.00. The maximum atomic E-state index is 11.8. The number of carbonyl (C=O) groups excluding carboxylic acids is 3. The fourth-order valence-corrected chi connectivity index (χ4v) is 2.28. The highest BCUT2D eigenvalue weighted by Gasteiger charge is 2.51. The molecule has 2 saturated heterocycles. The van der Waals surface area contributed by atoms with Gasteiger partial charge in [0.1, 0.15) is 5.54 Å². The summed E-state index contributed by atoms with van der Waals surface area (Å²) in [6.45, 7) is 3.40. The molecule has 0 aliphatic carbocycles. The molecular weight excluding hydrogens is 236 g/mol. The van der Waals surface area contributed by atoms with Crippen molar-refractivity contribution in [2.75, 3.05) is 19.6 Å². The van der Waals surface area contributed by atoms with Gasteiger partial charge in [-0.05, 0) is 12.8 Å². The Hall–Kier alpha value is -1.79. The van der Waals surface area contributed by atoms with Crippen LogP contribution in [0.1, 0.15) is 26.2 Å². The third kappa shape index (κ3) is 2.25. The topological polar surface area (TPSA) is 90.5 Å². The van der Waals surface area contributed by atoms with Gasteiger partial charge >= 0.3 is 12.1 Å². The van der Waals surface area contributed by atoms with E-state index in [4.69, 9.17) is 0 Å². The van der Waals surface area contributed by atoms with Gasteiger partial charge in [-0.15, -0.1) is 0 Å². The molecule has 7 nitrogen and oxygen atoms in total. The molecule has 0 bridgehead atoms. The van der Waals surface area contributed by atoms with Crippen molar-refractivity contribution in [3.8, 4) is 0 Å². The van der Waals surface area contributed by atoms with Crippen molar-refractivity contribution in [2.24, 2.45) is 0 Å². The second-order valence-electron chi connectivity index (χ2n) is 4.75. The van der Waals surface area contributed by atoms with E-state index in [1.165, 1.54) is 0 Å². The summed E-state index contributed by atoms with van der Waals surface area (Å²) < 4.78 is 0. The minimum absolute atomic E-state index is 0.172. The zero-order valence-corrected chi connectivity index (χ0v) is 10.4. The molecule has 100 valence electrons. The van der Waals surface area contributed by atoms with E-state index in [2.05, 4.69) is 22.9 Å². The lowest BCUT2D eigenvalue weighted by molar-refractivity contribution is -0.123. The average Bonchev–Trinajstić information content (AvgIpc) is 2.85. The number of imide groups is 1. The van der Waals surface area contributed by atoms with E-state index in [1.807, 2.05) is 0 Å². The molecule has 3 N–H and O–H groups in total. The molecular formula is C11H18N4O3. The second-order valence-corrected chi connectivity index (χ2v) is 4.75. The van der Waals surface area contributed by atoms with Gasteiger partial charge in [0, 0.05) is 13.1 Å². The molecule has 0 radical (unpaired) electrons. The SMILES string of the molecule is CCCCNC(=O)N1CCC2(C1)NC(=O)NC2=O. The number of hydrogen-bond donors (Lipinski definition) is 3. The van der Waals surface area contributed by atoms with Gasteiger partial charge < -0.3 is 15.5 Å². The van der Waals surface area contributed by atoms with Crippen LogP contribution in [0.5, 0.6) is 0 Å². The summed E-state index contributed by atoms with van der Waals surface area (Å²) in [4.78, 5) is 36.2. The number of amides is 5. The highest BCUT2D eigenvalue weighted by molar-refractivity contribution is 6.07. The van der Waals surface area contributed by atoms with E-state index >= 15 is 0 Å². The van der Waals surface area contributed by atoms with E-state index in [0.29, 0.717) is 19.5 Å². The van der Waals surface area contributed by atoms with Gasteiger partial charge in [-0.1, -0.05) is 13.3 Å². The molecule has 5 amide bonds. The summed E-state index contributed by atoms with van der Waals surface area (Å²) in [5.41, 5.74) is -0.917. The number of nitrogens with zero attached hydrogens (tertiary/aromatic N) is 1. The van der Waals surface area contributed by atoms with E-state index in [1.54, 1.807) is 4.90 Å². The van der Waals surface area contributed by atoms with Crippen LogP contribution in [-0.4, -0.2) is 48.0 Å². The first kappa shape index (κ1) is 12.7. The maximum absolute atomic E-state index is 11.8. The van der Waals surface area contributed by atoms with Crippen molar-refractivity contribution < 1.29 is 14.4 Å². The van der Waals surface area contributed by atoms with E-state index in [-0.39, 0.29) is 18.5 Å². The quantitative estimate of drug-likeness (QED) is 0.480. The first-order valence-corrected chi connectivity index (χ1v) is 6.24. The Bertz CT molecular complexity index is 384. The summed E-state index contributed by atoms with van der Waals surface area (Å²) >= 11 is 0. The van der Waals surface area contributed by atoms with E-state index in [0.717, 1.165) is 12.8 Å². The van der Waals surface area contributed by atoms with Crippen LogP contribution < -0.4 is 16.0 Å². The van der Waals surface area contributed by atoms with Gasteiger partial charge in [-0.3, -0.25) is 10.1 Å². The first-order chi connectivity index (χ1) is 8.57. The zero-order chi connectivity index (χ0) is 13.2. The molecule has 2 heterocycles. The minimum atomic E-state index is -0.917. The normalized spacial score (nSPS) is 26.4. The average molecular weight is 254 g/mol. The van der Waals surface area contributed by atoms with Crippen molar-refractivity contribution in [3.63, 3.8) is 0 Å². The Morgan fingerprint density at radius 2 is 2.28 bits per heavy atom. The van der Waals surface area contributed by atoms with Gasteiger partial charge in [-0.2, -0.15) is 0 Å². The number of unbranched alkanes of at least 4 members (excludes halogenated alkanes) is 1. The maximum Gasteiger partial charge on any atom is 0.322 e. The highest BCUT2D eigenvalue weighted by Crippen LogP contribution is 2.24. The van der Waals surface area contributed by atoms with E-state index < -0.39 is 11.6 Å². The third-order valence-corrected chi connectivity index (χ3v) is 3.38. The Balaban J connectivity index is 1.90. The molecule has 2 rings (SSSR count). The Morgan fingerprint density at radius 3 is 2.89 bits per heavy atom. The summed E-state index contributed by atoms with van der Waals surface area (Å²) in [6.07, 6.45) is 2.41. The fourth-order valence-electron chi connectivity index (χ4n) is 2.28. The number of nitrogens with one attached hydrogen (secondary N) is 3. The van der Waals surface area contributed by atoms with Crippen molar-refractivity contribution in [1.29, 1.82) is 0 Å². The Labute approximate surface area is 105 Å². The summed E-state index contributed by atoms with van der Waals surface area (Å²) in [5, 5.41) is 7.62. The number of carbonyl (C=O) groups is 3. The molecule has 2 aliphatic rings. The number of rotatable bonds is 3. The van der Waals surface area contributed by atoms with Crippen LogP contribution in [-0.2, 0) is 4.79 Å². The summed E-state index contributed by atoms with van der Waals surface area (Å²) in [5.74, 6) is -0.337. The molecule has 1 spiro atoms. The number of urea groups is 2. The predicted molar refractivity (Wildman–Crippen MR) is 63.9 cm³/mol. The van der Waals surface area contributed by atoms with Crippen LogP contribution in [0, 0.1) is 0 Å². The minimum Gasteiger partial charge on any atom is -0.338 e. The van der Waals surface area contributed by atoms with Gasteiger partial charge in [0.2, 0.25) is 0 Å². The molecule has 2 aliphatic heterocycles. The van der Waals surface area contributed by atoms with Crippen LogP contribution in [0.15, 0.2) is 0 Å². The fraction of sp³-hybridized carbons (Fsp3) is 0.727. The lowest BCUT2D eigenvalue weighted by Gasteiger charge is -2.21. The van der Waals surface area contributed by atoms with Crippen LogP contribution >= 0.6 is 0 Å². The van der Waals surface area contributed by atoms with Crippen molar-refractivity contribution in [2.45, 2.75) is 31.7 Å². The summed E-state index contributed by atoms with van der Waals surface area (Å²) in [7, 11) is 0. The standard InChI is InChI=1S/C11H18N4O3/c1-2-3-5-12-10(18)15-6-4-11(7-15)8(16)13-9(17)14-11/h2-7H2,1H3,(H,12,18)(H2,13,14,16,17). The molecule has 0 aromatic carbocycles. The van der Waals surface area contributed by atoms with Gasteiger partial charge in [0.25, 0.3) is 5.91 Å². The van der Waals surface area contributed by atoms with Crippen LogP contribution in [0.25, 0.3) is 0 Å². The zero-order valence-electron chi connectivity index (χ0n) is 10.4. The van der Waals surface area contributed by atoms with Crippen LogP contribution in [0.4, 0.5) is 9.59 Å². The van der Waals surface area contributed by atoms with Crippen molar-refractivity contribution in [3.05, 3.63) is 0 Å². The van der Waals surface area contributed by atoms with E-state index in [9.17, 15) is 14.4 Å². The van der Waals surface area contributed by atoms with Gasteiger partial charge in [0.15, 0.2) is 0 Å². The molecule has 1 atom stereocenters. The monoisotopic (exact) mass is 254 g/mol. The number of likely N-dealkylation sites (tertiary alicyclic amines) is 1. The molecule has 0 aromatic heterocycles. The summed E-state index contributed by atoms with van der Waals surface area (Å²) in [6, 6.07) is -0.650. The second kappa shape index (κ2) is 4.83. The molecule has 0 saturated carbocycles. The van der Waals surface area contributed by atoms with Crippen molar-refractivity contribution in [1.82, 2.24) is 20.9 Å². The molecule has 7 heteroatoms. The molecule has 0 aromatic rings. The molecule has 1 unspecified atom stereocenters. The predicted octanol–water partition coefficient (Wildman–Crippen LogP) is -0.220. The van der Waals surface area contributed by atoms with Crippen molar-refractivity contribution >= 4 is 18.0 Å². The Kier molecular flexibility index (Phi) is 3.40. The highest BCUT2D eigenvalue weighted by atomic mass is 16.2.